The highest BCUT2D eigenvalue weighted by molar-refractivity contribution is 6.30. The number of hydrogen-bond acceptors (Lipinski definition) is 4. The van der Waals surface area contributed by atoms with E-state index in [1.165, 1.54) is 0 Å². The second-order valence-corrected chi connectivity index (χ2v) is 12.2. The lowest BCUT2D eigenvalue weighted by atomic mass is 9.66. The van der Waals surface area contributed by atoms with Crippen molar-refractivity contribution in [1.82, 2.24) is 10.2 Å². The number of nitrogens with zero attached hydrogens (tertiary/aromatic N) is 1. The van der Waals surface area contributed by atoms with E-state index in [2.05, 4.69) is 11.9 Å². The van der Waals surface area contributed by atoms with Crippen molar-refractivity contribution in [2.45, 2.75) is 83.4 Å². The van der Waals surface area contributed by atoms with Gasteiger partial charge in [0.25, 0.3) is 0 Å². The quantitative estimate of drug-likeness (QED) is 0.458. The minimum atomic E-state index is -1.08. The molecule has 2 aliphatic rings. The van der Waals surface area contributed by atoms with Crippen molar-refractivity contribution in [1.29, 1.82) is 0 Å². The van der Waals surface area contributed by atoms with E-state index in [1.807, 2.05) is 45.9 Å². The van der Waals surface area contributed by atoms with Crippen molar-refractivity contribution >= 4 is 23.4 Å². The summed E-state index contributed by atoms with van der Waals surface area (Å²) in [5.74, 6) is -0.0135. The number of benzene rings is 1. The molecule has 194 valence electrons. The number of carbonyl (C=O) groups excluding carboxylic acids is 2. The van der Waals surface area contributed by atoms with Crippen LogP contribution in [0.2, 0.25) is 5.02 Å². The number of aliphatic hydroxyl groups is 1. The van der Waals surface area contributed by atoms with E-state index in [1.54, 1.807) is 17.0 Å². The summed E-state index contributed by atoms with van der Waals surface area (Å²) in [4.78, 5) is 28.3. The van der Waals surface area contributed by atoms with Crippen molar-refractivity contribution < 1.29 is 14.7 Å². The summed E-state index contributed by atoms with van der Waals surface area (Å²) >= 11 is 6.04. The fourth-order valence-corrected chi connectivity index (χ4v) is 6.02. The van der Waals surface area contributed by atoms with E-state index in [9.17, 15) is 14.7 Å². The molecule has 4 N–H and O–H groups in total. The minimum absolute atomic E-state index is 0.0513. The zero-order chi connectivity index (χ0) is 26.0. The molecule has 4 atom stereocenters. The molecule has 2 fully saturated rings. The van der Waals surface area contributed by atoms with Gasteiger partial charge in [0.2, 0.25) is 11.8 Å². The molecular weight excluding hydrogens is 462 g/mol. The third-order valence-electron chi connectivity index (χ3n) is 8.10. The van der Waals surface area contributed by atoms with E-state index in [-0.39, 0.29) is 29.2 Å². The van der Waals surface area contributed by atoms with Crippen molar-refractivity contribution in [3.63, 3.8) is 0 Å². The first kappa shape index (κ1) is 27.7. The molecule has 0 bridgehead atoms. The Kier molecular flexibility index (Phi) is 8.40. The zero-order valence-corrected chi connectivity index (χ0v) is 22.4. The van der Waals surface area contributed by atoms with Gasteiger partial charge >= 0.3 is 0 Å². The zero-order valence-electron chi connectivity index (χ0n) is 21.6. The van der Waals surface area contributed by atoms with Crippen LogP contribution in [0.25, 0.3) is 0 Å². The van der Waals surface area contributed by atoms with Crippen LogP contribution in [0.15, 0.2) is 36.9 Å². The van der Waals surface area contributed by atoms with Gasteiger partial charge in [0.15, 0.2) is 0 Å². The minimum Gasteiger partial charge on any atom is -0.384 e. The molecule has 7 heteroatoms. The molecular formula is C28H42ClN3O3. The number of hydrogen-bond donors (Lipinski definition) is 3. The summed E-state index contributed by atoms with van der Waals surface area (Å²) in [7, 11) is 0. The molecule has 0 radical (unpaired) electrons. The van der Waals surface area contributed by atoms with Crippen molar-refractivity contribution in [3.8, 4) is 0 Å². The number of carbonyl (C=O) groups is 2. The van der Waals surface area contributed by atoms with Gasteiger partial charge in [0.05, 0.1) is 5.60 Å². The maximum Gasteiger partial charge on any atom is 0.245 e. The highest BCUT2D eigenvalue weighted by Crippen LogP contribution is 2.46. The highest BCUT2D eigenvalue weighted by Gasteiger charge is 2.50. The van der Waals surface area contributed by atoms with Crippen LogP contribution >= 0.6 is 11.6 Å². The monoisotopic (exact) mass is 503 g/mol. The smallest absolute Gasteiger partial charge is 0.245 e. The molecule has 1 aromatic rings. The molecule has 1 aliphatic heterocycles. The van der Waals surface area contributed by atoms with Crippen LogP contribution in [0, 0.1) is 17.3 Å². The van der Waals surface area contributed by atoms with Gasteiger partial charge in [-0.3, -0.25) is 9.59 Å². The summed E-state index contributed by atoms with van der Waals surface area (Å²) in [5, 5.41) is 15.3. The number of nitrogens with one attached hydrogen (secondary N) is 1. The SMILES string of the molecule is C=CCC1(N)CC[C@@H](CC(=O)N[C@@H](C(=O)N2CC[C@](O)(c3ccc(Cl)cc3)C(C)(C)C2)C(C)C)C1. The average molecular weight is 504 g/mol. The van der Waals surface area contributed by atoms with Gasteiger partial charge in [0, 0.05) is 35.5 Å². The molecule has 2 amide bonds. The van der Waals surface area contributed by atoms with Crippen LogP contribution in [-0.4, -0.2) is 46.5 Å². The van der Waals surface area contributed by atoms with Gasteiger partial charge in [-0.2, -0.15) is 0 Å². The molecule has 1 saturated heterocycles. The lowest BCUT2D eigenvalue weighted by Crippen LogP contribution is -2.60. The summed E-state index contributed by atoms with van der Waals surface area (Å²) < 4.78 is 0. The van der Waals surface area contributed by atoms with Gasteiger partial charge in [-0.05, 0) is 61.6 Å². The average Bonchev–Trinajstić information content (AvgIpc) is 3.13. The third kappa shape index (κ3) is 6.10. The number of nitrogens with two attached hydrogens (primary N) is 1. The van der Waals surface area contributed by atoms with Gasteiger partial charge in [-0.15, -0.1) is 6.58 Å². The second-order valence-electron chi connectivity index (χ2n) is 11.7. The summed E-state index contributed by atoms with van der Waals surface area (Å²) in [6.07, 6.45) is 6.01. The van der Waals surface area contributed by atoms with Gasteiger partial charge in [-0.25, -0.2) is 0 Å². The predicted molar refractivity (Wildman–Crippen MR) is 141 cm³/mol. The van der Waals surface area contributed by atoms with Crippen molar-refractivity contribution in [2.24, 2.45) is 23.0 Å². The maximum absolute atomic E-state index is 13.6. The van der Waals surface area contributed by atoms with Crippen LogP contribution in [-0.2, 0) is 15.2 Å². The van der Waals surface area contributed by atoms with Crippen molar-refractivity contribution in [2.75, 3.05) is 13.1 Å². The lowest BCUT2D eigenvalue weighted by molar-refractivity contribution is -0.156. The Morgan fingerprint density at radius 1 is 1.29 bits per heavy atom. The number of piperidine rings is 1. The Morgan fingerprint density at radius 3 is 2.51 bits per heavy atom. The molecule has 3 rings (SSSR count). The normalized spacial score (nSPS) is 29.1. The van der Waals surface area contributed by atoms with Crippen molar-refractivity contribution in [3.05, 3.63) is 47.5 Å². The van der Waals surface area contributed by atoms with Gasteiger partial charge in [0.1, 0.15) is 6.04 Å². The van der Waals surface area contributed by atoms with Crippen LogP contribution in [0.5, 0.6) is 0 Å². The summed E-state index contributed by atoms with van der Waals surface area (Å²) in [5.41, 5.74) is 5.32. The predicted octanol–water partition coefficient (Wildman–Crippen LogP) is 4.39. The van der Waals surface area contributed by atoms with E-state index in [4.69, 9.17) is 17.3 Å². The van der Waals surface area contributed by atoms with E-state index < -0.39 is 17.1 Å². The molecule has 1 saturated carbocycles. The first-order valence-corrected chi connectivity index (χ1v) is 13.1. The third-order valence-corrected chi connectivity index (χ3v) is 8.35. The van der Waals surface area contributed by atoms with E-state index in [0.717, 1.165) is 31.2 Å². The van der Waals surface area contributed by atoms with Crippen LogP contribution < -0.4 is 11.1 Å². The van der Waals surface area contributed by atoms with E-state index in [0.29, 0.717) is 31.0 Å². The van der Waals surface area contributed by atoms with Crippen LogP contribution in [0.3, 0.4) is 0 Å². The second kappa shape index (κ2) is 10.6. The highest BCUT2D eigenvalue weighted by atomic mass is 35.5. The lowest BCUT2D eigenvalue weighted by Gasteiger charge is -2.51. The Hall–Kier alpha value is -1.89. The number of amides is 2. The van der Waals surface area contributed by atoms with E-state index >= 15 is 0 Å². The van der Waals surface area contributed by atoms with Gasteiger partial charge < -0.3 is 21.1 Å². The Morgan fingerprint density at radius 2 is 1.94 bits per heavy atom. The van der Waals surface area contributed by atoms with Crippen LogP contribution in [0.1, 0.15) is 71.8 Å². The molecule has 0 aromatic heterocycles. The summed E-state index contributed by atoms with van der Waals surface area (Å²) in [6.45, 7) is 12.5. The molecule has 35 heavy (non-hydrogen) atoms. The number of halogens is 1. The molecule has 6 nitrogen and oxygen atoms in total. The first-order chi connectivity index (χ1) is 16.3. The Labute approximate surface area is 215 Å². The molecule has 1 aromatic carbocycles. The first-order valence-electron chi connectivity index (χ1n) is 12.8. The Bertz CT molecular complexity index is 932. The molecule has 1 heterocycles. The fraction of sp³-hybridized carbons (Fsp3) is 0.643. The molecule has 1 unspecified atom stereocenters. The maximum atomic E-state index is 13.6. The standard InChI is InChI=1S/C28H42ClN3O3/c1-6-12-27(30)13-11-20(17-27)16-23(33)31-24(19(2)3)25(34)32-15-14-28(35,26(4,5)18-32)21-7-9-22(29)10-8-21/h6-10,19-20,24,35H,1,11-18,30H2,2-5H3,(H,31,33)/t20-,24+,27?,28-/m0/s1. The van der Waals surface area contributed by atoms with Gasteiger partial charge in [-0.1, -0.05) is 57.5 Å². The molecule has 1 aliphatic carbocycles. The topological polar surface area (TPSA) is 95.7 Å². The Balaban J connectivity index is 1.65. The number of likely N-dealkylation sites (tertiary alicyclic amines) is 1. The van der Waals surface area contributed by atoms with Crippen LogP contribution in [0.4, 0.5) is 0 Å². The number of rotatable bonds is 8. The fourth-order valence-electron chi connectivity index (χ4n) is 5.89. The summed E-state index contributed by atoms with van der Waals surface area (Å²) in [6, 6.07) is 6.67. The largest absolute Gasteiger partial charge is 0.384 e. The molecule has 0 spiro atoms.